The van der Waals surface area contributed by atoms with Crippen LogP contribution in [-0.2, 0) is 0 Å². The lowest BCUT2D eigenvalue weighted by Gasteiger charge is -2.02. The quantitative estimate of drug-likeness (QED) is 0.740. The van der Waals surface area contributed by atoms with Gasteiger partial charge in [-0.1, -0.05) is 18.2 Å². The van der Waals surface area contributed by atoms with E-state index in [1.54, 1.807) is 0 Å². The van der Waals surface area contributed by atoms with Crippen LogP contribution in [-0.4, -0.2) is 11.3 Å². The first-order valence-electron chi connectivity index (χ1n) is 4.92. The second kappa shape index (κ2) is 3.73. The molecule has 0 radical (unpaired) electrons. The van der Waals surface area contributed by atoms with Gasteiger partial charge in [0.2, 0.25) is 0 Å². The Morgan fingerprint density at radius 1 is 1.07 bits per heavy atom. The van der Waals surface area contributed by atoms with Gasteiger partial charge in [0.05, 0.1) is 5.69 Å². The maximum Gasteiger partial charge on any atom is 0.166 e. The molecule has 1 N–H and O–H groups in total. The first kappa shape index (κ1) is 9.71. The number of aromatic amines is 1. The number of aromatic nitrogens is 1. The fraction of sp³-hybridized carbons (Fsp3) is 0.154. The predicted molar refractivity (Wildman–Crippen MR) is 61.1 cm³/mol. The van der Waals surface area contributed by atoms with Crippen LogP contribution in [0, 0.1) is 13.8 Å². The van der Waals surface area contributed by atoms with E-state index in [4.69, 9.17) is 0 Å². The number of H-pyrrole nitrogens is 1. The first-order chi connectivity index (χ1) is 7.20. The van der Waals surface area contributed by atoms with Crippen LogP contribution in [0.2, 0.25) is 0 Å². The molecular weight excluding hydrogens is 186 g/mol. The number of benzene rings is 1. The Hall–Kier alpha value is -1.83. The van der Waals surface area contributed by atoms with Crippen LogP contribution in [0.3, 0.4) is 0 Å². The summed E-state index contributed by atoms with van der Waals surface area (Å²) in [5.74, 6) is 0. The predicted octanol–water partition coefficient (Wildman–Crippen LogP) is 3.11. The van der Waals surface area contributed by atoms with E-state index in [1.165, 1.54) is 11.1 Å². The number of hydrogen-bond donors (Lipinski definition) is 1. The van der Waals surface area contributed by atoms with Crippen LogP contribution in [0.1, 0.15) is 21.6 Å². The summed E-state index contributed by atoms with van der Waals surface area (Å²) in [5, 5.41) is 0. The minimum Gasteiger partial charge on any atom is -0.358 e. The summed E-state index contributed by atoms with van der Waals surface area (Å²) in [6.07, 6.45) is 2.68. The average Bonchev–Trinajstić information content (AvgIpc) is 2.70. The van der Waals surface area contributed by atoms with Gasteiger partial charge in [-0.05, 0) is 42.2 Å². The van der Waals surface area contributed by atoms with E-state index in [2.05, 4.69) is 37.0 Å². The van der Waals surface area contributed by atoms with Gasteiger partial charge in [0.15, 0.2) is 6.29 Å². The van der Waals surface area contributed by atoms with Crippen molar-refractivity contribution in [3.8, 4) is 11.1 Å². The normalized spacial score (nSPS) is 10.3. The number of carbonyl (C=O) groups excluding carboxylic acids is 1. The number of carbonyl (C=O) groups is 1. The molecule has 0 aliphatic heterocycles. The minimum atomic E-state index is 0.614. The van der Waals surface area contributed by atoms with E-state index in [-0.39, 0.29) is 0 Å². The fourth-order valence-electron chi connectivity index (χ4n) is 1.57. The largest absolute Gasteiger partial charge is 0.358 e. The summed E-state index contributed by atoms with van der Waals surface area (Å²) >= 11 is 0. The monoisotopic (exact) mass is 199 g/mol. The highest BCUT2D eigenvalue weighted by molar-refractivity contribution is 5.77. The van der Waals surface area contributed by atoms with Crippen LogP contribution in [0.4, 0.5) is 0 Å². The Labute approximate surface area is 89.0 Å². The summed E-state index contributed by atoms with van der Waals surface area (Å²) in [4.78, 5) is 13.5. The third-order valence-corrected chi connectivity index (χ3v) is 2.67. The summed E-state index contributed by atoms with van der Waals surface area (Å²) in [6, 6.07) is 8.16. The van der Waals surface area contributed by atoms with Crippen LogP contribution >= 0.6 is 0 Å². The van der Waals surface area contributed by atoms with Gasteiger partial charge < -0.3 is 4.98 Å². The molecule has 0 saturated heterocycles. The zero-order valence-electron chi connectivity index (χ0n) is 8.87. The van der Waals surface area contributed by atoms with Crippen molar-refractivity contribution in [2.45, 2.75) is 13.8 Å². The zero-order chi connectivity index (χ0) is 10.8. The molecule has 0 aliphatic carbocycles. The highest BCUT2D eigenvalue weighted by Gasteiger charge is 2.02. The van der Waals surface area contributed by atoms with Crippen LogP contribution < -0.4 is 0 Å². The number of rotatable bonds is 2. The lowest BCUT2D eigenvalue weighted by Crippen LogP contribution is -1.81. The van der Waals surface area contributed by atoms with Crippen LogP contribution in [0.5, 0.6) is 0 Å². The van der Waals surface area contributed by atoms with Gasteiger partial charge in [0.1, 0.15) is 0 Å². The molecule has 0 bridgehead atoms. The van der Waals surface area contributed by atoms with Gasteiger partial charge in [0.25, 0.3) is 0 Å². The van der Waals surface area contributed by atoms with E-state index >= 15 is 0 Å². The van der Waals surface area contributed by atoms with Crippen molar-refractivity contribution in [1.29, 1.82) is 0 Å². The highest BCUT2D eigenvalue weighted by atomic mass is 16.1. The molecule has 2 aromatic rings. The zero-order valence-corrected chi connectivity index (χ0v) is 8.87. The van der Waals surface area contributed by atoms with Gasteiger partial charge in [-0.3, -0.25) is 4.79 Å². The summed E-state index contributed by atoms with van der Waals surface area (Å²) < 4.78 is 0. The van der Waals surface area contributed by atoms with E-state index in [0.29, 0.717) is 5.69 Å². The van der Waals surface area contributed by atoms with Crippen molar-refractivity contribution in [3.05, 3.63) is 47.3 Å². The smallest absolute Gasteiger partial charge is 0.166 e. The average molecular weight is 199 g/mol. The topological polar surface area (TPSA) is 32.9 Å². The SMILES string of the molecule is Cc1ccc(-c2c[nH]c(C=O)c2)cc1C. The molecule has 2 heteroatoms. The molecule has 0 amide bonds. The van der Waals surface area contributed by atoms with Gasteiger partial charge in [0, 0.05) is 6.20 Å². The van der Waals surface area contributed by atoms with Gasteiger partial charge in [-0.2, -0.15) is 0 Å². The maximum absolute atomic E-state index is 10.5. The lowest BCUT2D eigenvalue weighted by atomic mass is 10.0. The third kappa shape index (κ3) is 1.84. The Morgan fingerprint density at radius 3 is 2.47 bits per heavy atom. The van der Waals surface area contributed by atoms with Crippen molar-refractivity contribution in [2.24, 2.45) is 0 Å². The molecule has 1 aromatic carbocycles. The molecule has 1 aromatic heterocycles. The molecule has 0 saturated carbocycles. The molecule has 0 unspecified atom stereocenters. The lowest BCUT2D eigenvalue weighted by molar-refractivity contribution is 0.111. The maximum atomic E-state index is 10.5. The number of nitrogens with one attached hydrogen (secondary N) is 1. The van der Waals surface area contributed by atoms with Gasteiger partial charge >= 0.3 is 0 Å². The van der Waals surface area contributed by atoms with Crippen LogP contribution in [0.15, 0.2) is 30.5 Å². The Bertz CT molecular complexity index is 497. The first-order valence-corrected chi connectivity index (χ1v) is 4.92. The Morgan fingerprint density at radius 2 is 1.87 bits per heavy atom. The molecule has 2 rings (SSSR count). The molecule has 0 fully saturated rings. The molecular formula is C13H13NO. The Balaban J connectivity index is 2.44. The number of aryl methyl sites for hydroxylation is 2. The van der Waals surface area contributed by atoms with Crippen molar-refractivity contribution in [1.82, 2.24) is 4.98 Å². The van der Waals surface area contributed by atoms with E-state index in [0.717, 1.165) is 17.4 Å². The fourth-order valence-corrected chi connectivity index (χ4v) is 1.57. The van der Waals surface area contributed by atoms with Gasteiger partial charge in [-0.25, -0.2) is 0 Å². The Kier molecular flexibility index (Phi) is 2.42. The second-order valence-corrected chi connectivity index (χ2v) is 3.76. The van der Waals surface area contributed by atoms with E-state index in [1.807, 2.05) is 12.3 Å². The second-order valence-electron chi connectivity index (χ2n) is 3.76. The molecule has 1 heterocycles. The van der Waals surface area contributed by atoms with Crippen molar-refractivity contribution < 1.29 is 4.79 Å². The summed E-state index contributed by atoms with van der Waals surface area (Å²) in [5.41, 5.74) is 5.36. The molecule has 76 valence electrons. The molecule has 2 nitrogen and oxygen atoms in total. The number of aldehydes is 1. The highest BCUT2D eigenvalue weighted by Crippen LogP contribution is 2.22. The van der Waals surface area contributed by atoms with E-state index in [9.17, 15) is 4.79 Å². The molecule has 0 atom stereocenters. The van der Waals surface area contributed by atoms with Crippen molar-refractivity contribution >= 4 is 6.29 Å². The van der Waals surface area contributed by atoms with Crippen LogP contribution in [0.25, 0.3) is 11.1 Å². The minimum absolute atomic E-state index is 0.614. The molecule has 0 aliphatic rings. The third-order valence-electron chi connectivity index (χ3n) is 2.67. The molecule has 0 spiro atoms. The number of hydrogen-bond acceptors (Lipinski definition) is 1. The van der Waals surface area contributed by atoms with E-state index < -0.39 is 0 Å². The molecule has 15 heavy (non-hydrogen) atoms. The standard InChI is InChI=1S/C13H13NO/c1-9-3-4-11(5-10(9)2)12-6-13(8-15)14-7-12/h3-8,14H,1-2H3. The van der Waals surface area contributed by atoms with Gasteiger partial charge in [-0.15, -0.1) is 0 Å². The van der Waals surface area contributed by atoms with Crippen molar-refractivity contribution in [2.75, 3.05) is 0 Å². The summed E-state index contributed by atoms with van der Waals surface area (Å²) in [7, 11) is 0. The summed E-state index contributed by atoms with van der Waals surface area (Å²) in [6.45, 7) is 4.18. The van der Waals surface area contributed by atoms with Crippen molar-refractivity contribution in [3.63, 3.8) is 0 Å².